The van der Waals surface area contributed by atoms with Crippen LogP contribution in [0.4, 0.5) is 9.59 Å². The largest absolute Gasteiger partial charge is 0.444 e. The molecule has 174 valence electrons. The van der Waals surface area contributed by atoms with E-state index in [0.717, 1.165) is 50.9 Å². The van der Waals surface area contributed by atoms with Gasteiger partial charge >= 0.3 is 12.1 Å². The van der Waals surface area contributed by atoms with E-state index in [2.05, 4.69) is 16.0 Å². The SMILES string of the molecule is CC(C)(C)OC(=O)N1CCCC(N)C1.O=C(NCc1ccccc1)NC1CCCNC1. The van der Waals surface area contributed by atoms with Gasteiger partial charge in [-0.05, 0) is 58.6 Å². The molecule has 0 radical (unpaired) electrons. The third-order valence-electron chi connectivity index (χ3n) is 5.04. The van der Waals surface area contributed by atoms with Crippen LogP contribution in [-0.4, -0.2) is 60.9 Å². The molecule has 2 saturated heterocycles. The lowest BCUT2D eigenvalue weighted by atomic mass is 10.1. The van der Waals surface area contributed by atoms with Crippen molar-refractivity contribution in [2.45, 2.75) is 70.7 Å². The lowest BCUT2D eigenvalue weighted by molar-refractivity contribution is 0.0200. The van der Waals surface area contributed by atoms with Crippen molar-refractivity contribution in [3.05, 3.63) is 35.9 Å². The van der Waals surface area contributed by atoms with E-state index in [1.165, 1.54) is 0 Å². The van der Waals surface area contributed by atoms with Crippen LogP contribution in [0.25, 0.3) is 0 Å². The van der Waals surface area contributed by atoms with Crippen LogP contribution in [0.3, 0.4) is 0 Å². The maximum absolute atomic E-state index is 11.6. The zero-order chi connectivity index (χ0) is 22.7. The van der Waals surface area contributed by atoms with Gasteiger partial charge in [-0.25, -0.2) is 9.59 Å². The predicted octanol–water partition coefficient (Wildman–Crippen LogP) is 2.58. The minimum Gasteiger partial charge on any atom is -0.444 e. The van der Waals surface area contributed by atoms with Gasteiger partial charge in [0.2, 0.25) is 0 Å². The third kappa shape index (κ3) is 10.5. The van der Waals surface area contributed by atoms with E-state index >= 15 is 0 Å². The second kappa shape index (κ2) is 12.5. The molecule has 8 heteroatoms. The van der Waals surface area contributed by atoms with Crippen molar-refractivity contribution in [2.75, 3.05) is 26.2 Å². The van der Waals surface area contributed by atoms with Crippen LogP contribution in [0.5, 0.6) is 0 Å². The standard InChI is InChI=1S/C13H19N3O.C10H20N2O2/c17-13(16-12-7-4-8-14-10-12)15-9-11-5-2-1-3-6-11;1-10(2,3)14-9(13)12-6-4-5-8(11)7-12/h1-3,5-6,12,14H,4,7-10H2,(H2,15,16,17);8H,4-7,11H2,1-3H3. The summed E-state index contributed by atoms with van der Waals surface area (Å²) in [4.78, 5) is 24.9. The van der Waals surface area contributed by atoms with Crippen molar-refractivity contribution in [1.29, 1.82) is 0 Å². The number of carbonyl (C=O) groups excluding carboxylic acids is 2. The van der Waals surface area contributed by atoms with Crippen LogP contribution >= 0.6 is 0 Å². The van der Waals surface area contributed by atoms with E-state index in [0.29, 0.717) is 13.1 Å². The molecular formula is C23H39N5O3. The Morgan fingerprint density at radius 2 is 1.94 bits per heavy atom. The molecule has 1 aromatic carbocycles. The molecule has 5 N–H and O–H groups in total. The smallest absolute Gasteiger partial charge is 0.410 e. The molecule has 2 fully saturated rings. The van der Waals surface area contributed by atoms with Gasteiger partial charge < -0.3 is 31.3 Å². The number of nitrogens with one attached hydrogen (secondary N) is 3. The van der Waals surface area contributed by atoms with E-state index in [-0.39, 0.29) is 24.2 Å². The lowest BCUT2D eigenvalue weighted by Gasteiger charge is -2.32. The van der Waals surface area contributed by atoms with Crippen LogP contribution < -0.4 is 21.7 Å². The van der Waals surface area contributed by atoms with Crippen molar-refractivity contribution in [1.82, 2.24) is 20.9 Å². The molecule has 2 unspecified atom stereocenters. The van der Waals surface area contributed by atoms with Gasteiger partial charge in [-0.2, -0.15) is 0 Å². The summed E-state index contributed by atoms with van der Waals surface area (Å²) in [7, 11) is 0. The Kier molecular flexibility index (Phi) is 10.1. The summed E-state index contributed by atoms with van der Waals surface area (Å²) in [5.74, 6) is 0. The summed E-state index contributed by atoms with van der Waals surface area (Å²) in [5, 5.41) is 9.12. The molecule has 0 spiro atoms. The van der Waals surface area contributed by atoms with E-state index < -0.39 is 5.60 Å². The molecule has 0 aliphatic carbocycles. The van der Waals surface area contributed by atoms with E-state index in [1.54, 1.807) is 4.90 Å². The number of piperidine rings is 2. The van der Waals surface area contributed by atoms with Gasteiger partial charge in [0, 0.05) is 38.3 Å². The zero-order valence-electron chi connectivity index (χ0n) is 19.2. The molecule has 2 aliphatic rings. The first-order valence-electron chi connectivity index (χ1n) is 11.3. The number of nitrogens with zero attached hydrogens (tertiary/aromatic N) is 1. The Bertz CT molecular complexity index is 672. The monoisotopic (exact) mass is 433 g/mol. The van der Waals surface area contributed by atoms with Gasteiger partial charge in [0.1, 0.15) is 5.60 Å². The molecule has 2 heterocycles. The summed E-state index contributed by atoms with van der Waals surface area (Å²) in [6.07, 6.45) is 3.92. The number of benzene rings is 1. The number of hydrogen-bond acceptors (Lipinski definition) is 5. The van der Waals surface area contributed by atoms with E-state index in [4.69, 9.17) is 10.5 Å². The number of hydrogen-bond donors (Lipinski definition) is 4. The van der Waals surface area contributed by atoms with Crippen LogP contribution in [0.1, 0.15) is 52.0 Å². The minimum atomic E-state index is -0.418. The fourth-order valence-corrected chi connectivity index (χ4v) is 3.49. The van der Waals surface area contributed by atoms with Crippen LogP contribution in [-0.2, 0) is 11.3 Å². The molecule has 3 rings (SSSR count). The molecule has 31 heavy (non-hydrogen) atoms. The van der Waals surface area contributed by atoms with Gasteiger partial charge in [-0.15, -0.1) is 0 Å². The van der Waals surface area contributed by atoms with Crippen molar-refractivity contribution in [3.8, 4) is 0 Å². The predicted molar refractivity (Wildman–Crippen MR) is 123 cm³/mol. The van der Waals surface area contributed by atoms with Crippen molar-refractivity contribution < 1.29 is 14.3 Å². The number of likely N-dealkylation sites (tertiary alicyclic amines) is 1. The third-order valence-corrected chi connectivity index (χ3v) is 5.04. The number of urea groups is 1. The maximum atomic E-state index is 11.6. The summed E-state index contributed by atoms with van der Waals surface area (Å²) in [6, 6.07) is 10.2. The fourth-order valence-electron chi connectivity index (χ4n) is 3.49. The Labute approximate surface area is 186 Å². The highest BCUT2D eigenvalue weighted by Gasteiger charge is 2.25. The summed E-state index contributed by atoms with van der Waals surface area (Å²) in [6.45, 7) is 9.51. The Morgan fingerprint density at radius 1 is 1.19 bits per heavy atom. The average molecular weight is 434 g/mol. The zero-order valence-corrected chi connectivity index (χ0v) is 19.2. The molecule has 0 aromatic heterocycles. The first-order chi connectivity index (χ1) is 14.7. The van der Waals surface area contributed by atoms with Gasteiger partial charge in [0.05, 0.1) is 0 Å². The van der Waals surface area contributed by atoms with Crippen LogP contribution in [0.15, 0.2) is 30.3 Å². The normalized spacial score (nSPS) is 21.4. The highest BCUT2D eigenvalue weighted by molar-refractivity contribution is 5.74. The number of nitrogens with two attached hydrogens (primary N) is 1. The van der Waals surface area contributed by atoms with Crippen molar-refractivity contribution in [3.63, 3.8) is 0 Å². The van der Waals surface area contributed by atoms with Gasteiger partial charge in [0.25, 0.3) is 0 Å². The second-order valence-corrected chi connectivity index (χ2v) is 9.18. The van der Waals surface area contributed by atoms with Crippen molar-refractivity contribution in [2.24, 2.45) is 5.73 Å². The van der Waals surface area contributed by atoms with Crippen molar-refractivity contribution >= 4 is 12.1 Å². The number of rotatable bonds is 3. The Morgan fingerprint density at radius 3 is 2.55 bits per heavy atom. The number of amides is 3. The molecule has 1 aromatic rings. The average Bonchev–Trinajstić information content (AvgIpc) is 2.73. The Hall–Kier alpha value is -2.32. The van der Waals surface area contributed by atoms with Gasteiger partial charge in [-0.3, -0.25) is 0 Å². The number of carbonyl (C=O) groups is 2. The van der Waals surface area contributed by atoms with E-state index in [1.807, 2.05) is 51.1 Å². The topological polar surface area (TPSA) is 109 Å². The first-order valence-corrected chi connectivity index (χ1v) is 11.3. The Balaban J connectivity index is 0.000000225. The van der Waals surface area contributed by atoms with Crippen LogP contribution in [0, 0.1) is 0 Å². The van der Waals surface area contributed by atoms with Gasteiger partial charge in [-0.1, -0.05) is 30.3 Å². The minimum absolute atomic E-state index is 0.0810. The summed E-state index contributed by atoms with van der Waals surface area (Å²) >= 11 is 0. The highest BCUT2D eigenvalue weighted by Crippen LogP contribution is 2.14. The van der Waals surface area contributed by atoms with Crippen LogP contribution in [0.2, 0.25) is 0 Å². The maximum Gasteiger partial charge on any atom is 0.410 e. The molecule has 3 amide bonds. The first kappa shape index (κ1) is 24.9. The highest BCUT2D eigenvalue weighted by atomic mass is 16.6. The van der Waals surface area contributed by atoms with E-state index in [9.17, 15) is 9.59 Å². The molecule has 0 bridgehead atoms. The fraction of sp³-hybridized carbons (Fsp3) is 0.652. The molecule has 8 nitrogen and oxygen atoms in total. The summed E-state index contributed by atoms with van der Waals surface area (Å²) < 4.78 is 5.26. The molecule has 2 aliphatic heterocycles. The quantitative estimate of drug-likeness (QED) is 0.586. The molecule has 0 saturated carbocycles. The lowest BCUT2D eigenvalue weighted by Crippen LogP contribution is -2.48. The molecule has 2 atom stereocenters. The number of ether oxygens (including phenoxy) is 1. The second-order valence-electron chi connectivity index (χ2n) is 9.18. The molecular weight excluding hydrogens is 394 g/mol. The van der Waals surface area contributed by atoms with Gasteiger partial charge in [0.15, 0.2) is 0 Å². The summed E-state index contributed by atoms with van der Waals surface area (Å²) in [5.41, 5.74) is 6.47.